The van der Waals surface area contributed by atoms with Crippen molar-refractivity contribution in [3.05, 3.63) is 10.4 Å². The second kappa shape index (κ2) is 4.97. The van der Waals surface area contributed by atoms with Crippen molar-refractivity contribution in [1.82, 2.24) is 0 Å². The summed E-state index contributed by atoms with van der Waals surface area (Å²) < 4.78 is 13.2. The van der Waals surface area contributed by atoms with Crippen LogP contribution < -0.4 is 0 Å². The third-order valence-corrected chi connectivity index (χ3v) is 0.264. The number of hydrogen-bond acceptors (Lipinski definition) is 3. The zero-order chi connectivity index (χ0) is 5.54. The van der Waals surface area contributed by atoms with Crippen molar-refractivity contribution in [1.29, 1.82) is 0 Å². The quantitative estimate of drug-likeness (QED) is 0.167. The van der Waals surface area contributed by atoms with Crippen molar-refractivity contribution in [2.75, 3.05) is 6.73 Å². The van der Waals surface area contributed by atoms with Crippen LogP contribution in [0, 0.1) is 0 Å². The van der Waals surface area contributed by atoms with Crippen LogP contribution in [0.2, 0.25) is 0 Å². The Morgan fingerprint density at radius 3 is 3.14 bits per heavy atom. The molecule has 0 bridgehead atoms. The number of azide groups is 1. The second-order valence-electron chi connectivity index (χ2n) is 0.623. The topological polar surface area (TPSA) is 75.1 Å². The monoisotopic (exact) mass is 99.0 g/mol. The van der Waals surface area contributed by atoms with Gasteiger partial charge in [-0.05, 0) is 0 Å². The van der Waals surface area contributed by atoms with Gasteiger partial charge in [0.05, 0.1) is 0 Å². The molecule has 0 rings (SSSR count). The Kier molecular flexibility index (Phi) is 4.25. The standard InChI is InChI=1S/CH2BN3O2/c3-5-4-1-7-2-6/h1H2. The zero-order valence-corrected chi connectivity index (χ0v) is 3.44. The van der Waals surface area contributed by atoms with Crippen molar-refractivity contribution < 1.29 is 9.36 Å². The molecule has 0 aromatic heterocycles. The molecule has 0 heterocycles. The molecule has 0 aliphatic carbocycles. The molecule has 0 aromatic carbocycles. The minimum absolute atomic E-state index is 0.217. The molecular formula is CH2BN3O2. The Balaban J connectivity index is 2.97. The first kappa shape index (κ1) is 5.97. The molecule has 0 fully saturated rings. The van der Waals surface area contributed by atoms with Crippen LogP contribution in [0.15, 0.2) is 5.11 Å². The SMILES string of the molecule is [N-]=[N+]=NCOB=O. The molecule has 7 heavy (non-hydrogen) atoms. The molecular weight excluding hydrogens is 96.8 g/mol. The van der Waals surface area contributed by atoms with Gasteiger partial charge in [0.2, 0.25) is 0 Å². The second-order valence-corrected chi connectivity index (χ2v) is 0.623. The van der Waals surface area contributed by atoms with Gasteiger partial charge in [-0.15, -0.1) is 0 Å². The normalized spacial score (nSPS) is 5.71. The van der Waals surface area contributed by atoms with E-state index in [9.17, 15) is 4.70 Å². The van der Waals surface area contributed by atoms with E-state index in [-0.39, 0.29) is 14.1 Å². The summed E-state index contributed by atoms with van der Waals surface area (Å²) in [5.41, 5.74) is 7.56. The summed E-state index contributed by atoms with van der Waals surface area (Å²) in [7, 11) is 0.217. The molecule has 0 spiro atoms. The summed E-state index contributed by atoms with van der Waals surface area (Å²) in [5.74, 6) is 0. The summed E-state index contributed by atoms with van der Waals surface area (Å²) in [5, 5.41) is 2.89. The molecule has 0 amide bonds. The van der Waals surface area contributed by atoms with Crippen LogP contribution in [0.5, 0.6) is 0 Å². The van der Waals surface area contributed by atoms with Crippen LogP contribution in [-0.4, -0.2) is 14.1 Å². The van der Waals surface area contributed by atoms with Gasteiger partial charge < -0.3 is 0 Å². The van der Waals surface area contributed by atoms with E-state index in [1.54, 1.807) is 0 Å². The fourth-order valence-electron chi connectivity index (χ4n) is 0.0896. The van der Waals surface area contributed by atoms with Gasteiger partial charge in [0.25, 0.3) is 0 Å². The Hall–Kier alpha value is -1.03. The van der Waals surface area contributed by atoms with E-state index in [4.69, 9.17) is 5.53 Å². The molecule has 0 radical (unpaired) electrons. The molecule has 0 saturated heterocycles. The Bertz CT molecular complexity index is 97.1. The molecule has 0 unspecified atom stereocenters. The average molecular weight is 98.9 g/mol. The number of hydrogen-bond donors (Lipinski definition) is 0. The van der Waals surface area contributed by atoms with Crippen LogP contribution in [0.1, 0.15) is 0 Å². The van der Waals surface area contributed by atoms with Crippen LogP contribution in [0.25, 0.3) is 10.4 Å². The molecule has 0 atom stereocenters. The maximum absolute atomic E-state index is 9.27. The molecule has 0 aliphatic rings. The third kappa shape index (κ3) is 4.97. The minimum atomic E-state index is -0.222. The van der Waals surface area contributed by atoms with E-state index in [0.717, 1.165) is 0 Å². The molecule has 0 aromatic rings. The fourth-order valence-corrected chi connectivity index (χ4v) is 0.0896. The van der Waals surface area contributed by atoms with Crippen molar-refractivity contribution in [2.24, 2.45) is 5.11 Å². The van der Waals surface area contributed by atoms with Crippen LogP contribution in [-0.2, 0) is 9.36 Å². The van der Waals surface area contributed by atoms with E-state index in [1.807, 2.05) is 0 Å². The Morgan fingerprint density at radius 2 is 2.71 bits per heavy atom. The van der Waals surface area contributed by atoms with Gasteiger partial charge in [0, 0.05) is 0 Å². The van der Waals surface area contributed by atoms with Gasteiger partial charge in [-0.3, -0.25) is 0 Å². The van der Waals surface area contributed by atoms with Crippen molar-refractivity contribution in [3.8, 4) is 0 Å². The van der Waals surface area contributed by atoms with E-state index in [2.05, 4.69) is 14.7 Å². The molecule has 5 nitrogen and oxygen atoms in total. The van der Waals surface area contributed by atoms with Crippen molar-refractivity contribution in [2.45, 2.75) is 0 Å². The van der Waals surface area contributed by atoms with Gasteiger partial charge in [-0.2, -0.15) is 0 Å². The van der Waals surface area contributed by atoms with Crippen molar-refractivity contribution in [3.63, 3.8) is 0 Å². The predicted octanol–water partition coefficient (Wildman–Crippen LogP) is 0.235. The van der Waals surface area contributed by atoms with Crippen molar-refractivity contribution >= 4 is 7.35 Å². The number of rotatable bonds is 3. The molecule has 36 valence electrons. The Morgan fingerprint density at radius 1 is 2.00 bits per heavy atom. The summed E-state index contributed by atoms with van der Waals surface area (Å²) in [6, 6.07) is 0. The van der Waals surface area contributed by atoms with Crippen LogP contribution in [0.3, 0.4) is 0 Å². The van der Waals surface area contributed by atoms with Gasteiger partial charge in [-0.25, -0.2) is 0 Å². The predicted molar refractivity (Wildman–Crippen MR) is 21.5 cm³/mol. The number of nitrogens with zero attached hydrogens (tertiary/aromatic N) is 3. The zero-order valence-electron chi connectivity index (χ0n) is 3.44. The van der Waals surface area contributed by atoms with Gasteiger partial charge >= 0.3 is 39.0 Å². The van der Waals surface area contributed by atoms with E-state index < -0.39 is 0 Å². The fraction of sp³-hybridized carbons (Fsp3) is 1.00. The molecule has 6 heteroatoms. The van der Waals surface area contributed by atoms with E-state index in [0.29, 0.717) is 0 Å². The average Bonchev–Trinajstić information content (AvgIpc) is 1.69. The summed E-state index contributed by atoms with van der Waals surface area (Å²) in [4.78, 5) is 2.31. The Labute approximate surface area is 40.2 Å². The summed E-state index contributed by atoms with van der Waals surface area (Å²) in [6.07, 6.45) is 0. The van der Waals surface area contributed by atoms with E-state index >= 15 is 0 Å². The van der Waals surface area contributed by atoms with Gasteiger partial charge in [0.15, 0.2) is 0 Å². The van der Waals surface area contributed by atoms with Gasteiger partial charge in [-0.1, -0.05) is 0 Å². The molecule has 0 saturated carbocycles. The van der Waals surface area contributed by atoms with Crippen LogP contribution >= 0.6 is 0 Å². The molecule has 0 N–H and O–H groups in total. The first-order valence-electron chi connectivity index (χ1n) is 1.48. The van der Waals surface area contributed by atoms with Crippen LogP contribution in [0.4, 0.5) is 0 Å². The summed E-state index contributed by atoms with van der Waals surface area (Å²) in [6.45, 7) is -0.222. The van der Waals surface area contributed by atoms with E-state index in [1.165, 1.54) is 0 Å². The summed E-state index contributed by atoms with van der Waals surface area (Å²) >= 11 is 0. The molecule has 0 aliphatic heterocycles. The van der Waals surface area contributed by atoms with Gasteiger partial charge in [0.1, 0.15) is 0 Å². The first-order valence-corrected chi connectivity index (χ1v) is 1.48. The maximum atomic E-state index is 9.27. The first-order chi connectivity index (χ1) is 3.41. The third-order valence-electron chi connectivity index (χ3n) is 0.264.